The minimum atomic E-state index is -0.619. The van der Waals surface area contributed by atoms with E-state index in [1.807, 2.05) is 6.07 Å². The lowest BCUT2D eigenvalue weighted by Crippen LogP contribution is -2.07. The van der Waals surface area contributed by atoms with Crippen LogP contribution in [-0.2, 0) is 13.5 Å². The fraction of sp³-hybridized carbons (Fsp3) is 0.273. The first-order valence-electron chi connectivity index (χ1n) is 5.04. The molecule has 0 bridgehead atoms. The highest BCUT2D eigenvalue weighted by Gasteiger charge is 2.13. The van der Waals surface area contributed by atoms with E-state index >= 15 is 0 Å². The van der Waals surface area contributed by atoms with Gasteiger partial charge in [0, 0.05) is 17.9 Å². The number of hydrogen-bond acceptors (Lipinski definition) is 3. The summed E-state index contributed by atoms with van der Waals surface area (Å²) in [5.74, 6) is 0.739. The number of hydrogen-bond donors (Lipinski definition) is 1. The maximum absolute atomic E-state index is 10.1. The first-order chi connectivity index (χ1) is 8.08. The fourth-order valence-corrected chi connectivity index (χ4v) is 2.03. The second-order valence-corrected chi connectivity index (χ2v) is 4.95. The summed E-state index contributed by atoms with van der Waals surface area (Å²) in [6.45, 7) is 0. The van der Waals surface area contributed by atoms with Crippen LogP contribution in [0.3, 0.4) is 0 Å². The Hall–Kier alpha value is -0.910. The molecule has 90 valence electrons. The highest BCUT2D eigenvalue weighted by atomic mass is 79.9. The zero-order valence-corrected chi connectivity index (χ0v) is 11.5. The van der Waals surface area contributed by atoms with Gasteiger partial charge < -0.3 is 5.11 Å². The largest absolute Gasteiger partial charge is 0.388 e. The van der Waals surface area contributed by atoms with Gasteiger partial charge in [-0.3, -0.25) is 4.68 Å². The van der Waals surface area contributed by atoms with E-state index in [-0.39, 0.29) is 0 Å². The van der Waals surface area contributed by atoms with Crippen molar-refractivity contribution in [3.8, 4) is 0 Å². The molecule has 1 aromatic carbocycles. The molecule has 2 rings (SSSR count). The molecule has 0 fully saturated rings. The number of aliphatic hydroxyl groups excluding tert-OH is 1. The minimum Gasteiger partial charge on any atom is -0.388 e. The zero-order chi connectivity index (χ0) is 12.4. The summed E-state index contributed by atoms with van der Waals surface area (Å²) in [6.07, 6.45) is 1.27. The van der Waals surface area contributed by atoms with Crippen LogP contribution in [0.1, 0.15) is 17.5 Å². The first-order valence-corrected chi connectivity index (χ1v) is 6.21. The molecule has 1 N–H and O–H groups in total. The molecule has 0 aliphatic carbocycles. The highest BCUT2D eigenvalue weighted by Crippen LogP contribution is 2.27. The number of benzene rings is 1. The van der Waals surface area contributed by atoms with Crippen molar-refractivity contribution < 1.29 is 5.11 Å². The van der Waals surface area contributed by atoms with Crippen molar-refractivity contribution in [2.24, 2.45) is 7.05 Å². The molecule has 0 saturated carbocycles. The Labute approximate surface area is 112 Å². The summed E-state index contributed by atoms with van der Waals surface area (Å²) in [4.78, 5) is 4.08. The molecule has 1 heterocycles. The molecule has 2 aromatic rings. The van der Waals surface area contributed by atoms with Crippen LogP contribution in [0.4, 0.5) is 0 Å². The lowest BCUT2D eigenvalue weighted by atomic mass is 10.1. The lowest BCUT2D eigenvalue weighted by molar-refractivity contribution is 0.174. The Morgan fingerprint density at radius 3 is 2.88 bits per heavy atom. The van der Waals surface area contributed by atoms with Gasteiger partial charge in [-0.1, -0.05) is 17.7 Å². The van der Waals surface area contributed by atoms with Gasteiger partial charge in [-0.05, 0) is 33.6 Å². The second kappa shape index (κ2) is 5.16. The predicted octanol–water partition coefficient (Wildman–Crippen LogP) is 2.51. The van der Waals surface area contributed by atoms with Crippen LogP contribution < -0.4 is 0 Å². The average Bonchev–Trinajstić information content (AvgIpc) is 2.68. The topological polar surface area (TPSA) is 50.9 Å². The molecule has 0 amide bonds. The molecule has 0 radical (unpaired) electrons. The Morgan fingerprint density at radius 1 is 1.53 bits per heavy atom. The van der Waals surface area contributed by atoms with Crippen LogP contribution in [-0.4, -0.2) is 19.9 Å². The molecular formula is C11H11BrClN3O. The van der Waals surface area contributed by atoms with E-state index < -0.39 is 6.10 Å². The number of aryl methyl sites for hydroxylation is 1. The van der Waals surface area contributed by atoms with Crippen molar-refractivity contribution in [1.29, 1.82) is 0 Å². The first kappa shape index (κ1) is 12.5. The van der Waals surface area contributed by atoms with E-state index in [0.717, 1.165) is 15.9 Å². The lowest BCUT2D eigenvalue weighted by Gasteiger charge is -2.11. The molecular weight excluding hydrogens is 305 g/mol. The van der Waals surface area contributed by atoms with E-state index in [4.69, 9.17) is 11.6 Å². The van der Waals surface area contributed by atoms with E-state index in [1.165, 1.54) is 6.33 Å². The quantitative estimate of drug-likeness (QED) is 0.946. The minimum absolute atomic E-state index is 0.421. The normalized spacial score (nSPS) is 12.7. The SMILES string of the molecule is Cn1ncnc1CC(O)c1ccc(Cl)c(Br)c1. The van der Waals surface area contributed by atoms with Crippen LogP contribution in [0.2, 0.25) is 5.02 Å². The molecule has 4 nitrogen and oxygen atoms in total. The van der Waals surface area contributed by atoms with Crippen molar-refractivity contribution in [3.05, 3.63) is 45.4 Å². The smallest absolute Gasteiger partial charge is 0.138 e. The maximum atomic E-state index is 10.1. The van der Waals surface area contributed by atoms with Crippen LogP contribution in [0, 0.1) is 0 Å². The number of halogens is 2. The average molecular weight is 317 g/mol. The van der Waals surface area contributed by atoms with E-state index in [0.29, 0.717) is 11.4 Å². The summed E-state index contributed by atoms with van der Waals surface area (Å²) in [6, 6.07) is 5.36. The van der Waals surface area contributed by atoms with Crippen molar-refractivity contribution in [1.82, 2.24) is 14.8 Å². The third-order valence-corrected chi connectivity index (χ3v) is 3.72. The third kappa shape index (κ3) is 2.86. The van der Waals surface area contributed by atoms with Crippen LogP contribution in [0.5, 0.6) is 0 Å². The van der Waals surface area contributed by atoms with Gasteiger partial charge >= 0.3 is 0 Å². The van der Waals surface area contributed by atoms with Gasteiger partial charge in [0.05, 0.1) is 11.1 Å². The molecule has 1 atom stereocenters. The molecule has 17 heavy (non-hydrogen) atoms. The summed E-state index contributed by atoms with van der Waals surface area (Å²) in [5, 5.41) is 14.7. The second-order valence-electron chi connectivity index (χ2n) is 3.69. The van der Waals surface area contributed by atoms with Crippen molar-refractivity contribution in [2.45, 2.75) is 12.5 Å². The van der Waals surface area contributed by atoms with Gasteiger partial charge in [0.2, 0.25) is 0 Å². The van der Waals surface area contributed by atoms with Gasteiger partial charge in [-0.2, -0.15) is 5.10 Å². The third-order valence-electron chi connectivity index (χ3n) is 2.51. The van der Waals surface area contributed by atoms with Crippen molar-refractivity contribution in [3.63, 3.8) is 0 Å². The fourth-order valence-electron chi connectivity index (χ4n) is 1.52. The van der Waals surface area contributed by atoms with Gasteiger partial charge in [-0.25, -0.2) is 4.98 Å². The molecule has 0 aliphatic rings. The summed E-state index contributed by atoms with van der Waals surface area (Å²) < 4.78 is 2.42. The Balaban J connectivity index is 2.17. The van der Waals surface area contributed by atoms with Gasteiger partial charge in [0.1, 0.15) is 12.2 Å². The summed E-state index contributed by atoms with van der Waals surface area (Å²) >= 11 is 9.23. The molecule has 6 heteroatoms. The molecule has 1 aromatic heterocycles. The predicted molar refractivity (Wildman–Crippen MR) is 68.8 cm³/mol. The summed E-state index contributed by atoms with van der Waals surface area (Å²) in [5.41, 5.74) is 0.796. The van der Waals surface area contributed by atoms with E-state index in [1.54, 1.807) is 23.9 Å². The Morgan fingerprint density at radius 2 is 2.29 bits per heavy atom. The maximum Gasteiger partial charge on any atom is 0.138 e. The number of aliphatic hydroxyl groups is 1. The molecule has 0 saturated heterocycles. The van der Waals surface area contributed by atoms with Gasteiger partial charge in [0.25, 0.3) is 0 Å². The Kier molecular flexibility index (Phi) is 3.81. The Bertz CT molecular complexity index is 529. The van der Waals surface area contributed by atoms with Gasteiger partial charge in [-0.15, -0.1) is 0 Å². The molecule has 1 unspecified atom stereocenters. The van der Waals surface area contributed by atoms with Crippen LogP contribution in [0.15, 0.2) is 29.0 Å². The van der Waals surface area contributed by atoms with Crippen LogP contribution >= 0.6 is 27.5 Å². The standard InChI is InChI=1S/C11H11BrClN3O/c1-16-11(14-6-15-16)5-10(17)7-2-3-9(13)8(12)4-7/h2-4,6,10,17H,5H2,1H3. The van der Waals surface area contributed by atoms with Crippen molar-refractivity contribution >= 4 is 27.5 Å². The number of rotatable bonds is 3. The summed E-state index contributed by atoms with van der Waals surface area (Å²) in [7, 11) is 1.80. The van der Waals surface area contributed by atoms with Gasteiger partial charge in [0.15, 0.2) is 0 Å². The number of nitrogens with zero attached hydrogens (tertiary/aromatic N) is 3. The molecule has 0 spiro atoms. The van der Waals surface area contributed by atoms with Crippen LogP contribution in [0.25, 0.3) is 0 Å². The molecule has 0 aliphatic heterocycles. The van der Waals surface area contributed by atoms with E-state index in [9.17, 15) is 5.11 Å². The van der Waals surface area contributed by atoms with Crippen molar-refractivity contribution in [2.75, 3.05) is 0 Å². The zero-order valence-electron chi connectivity index (χ0n) is 9.14. The van der Waals surface area contributed by atoms with E-state index in [2.05, 4.69) is 26.0 Å². The monoisotopic (exact) mass is 315 g/mol. The number of aromatic nitrogens is 3. The highest BCUT2D eigenvalue weighted by molar-refractivity contribution is 9.10.